The Morgan fingerprint density at radius 1 is 1.30 bits per heavy atom. The molecule has 2 amide bonds. The Bertz CT molecular complexity index is 1330. The van der Waals surface area contributed by atoms with Crippen LogP contribution in [0.25, 0.3) is 10.9 Å². The van der Waals surface area contributed by atoms with Crippen LogP contribution in [-0.2, 0) is 24.8 Å². The number of pyridine rings is 1. The highest BCUT2D eigenvalue weighted by molar-refractivity contribution is 5.95. The molecule has 4 aromatic rings. The molecular formula is C24H23FN6O2. The third kappa shape index (κ3) is 4.09. The number of hydrogen-bond acceptors (Lipinski definition) is 4. The lowest BCUT2D eigenvalue weighted by molar-refractivity contribution is -0.123. The second kappa shape index (κ2) is 8.50. The number of rotatable bonds is 5. The molecule has 33 heavy (non-hydrogen) atoms. The van der Waals surface area contributed by atoms with Crippen molar-refractivity contribution in [3.05, 3.63) is 83.3 Å². The second-order valence-electron chi connectivity index (χ2n) is 8.24. The van der Waals surface area contributed by atoms with E-state index in [9.17, 15) is 14.0 Å². The number of nitrogens with zero attached hydrogens (tertiary/aromatic N) is 4. The number of carbonyl (C=O) groups is 2. The Morgan fingerprint density at radius 2 is 2.18 bits per heavy atom. The molecule has 168 valence electrons. The normalized spacial score (nSPS) is 15.5. The van der Waals surface area contributed by atoms with Gasteiger partial charge in [0.05, 0.1) is 17.2 Å². The molecule has 1 atom stereocenters. The SMILES string of the molecule is Cn1cc2c(n1)C(C(=O)NCCc1c[nH]c3ccc(F)cc13)CN(C(=O)c1cccnc1)C2. The Labute approximate surface area is 189 Å². The summed E-state index contributed by atoms with van der Waals surface area (Å²) < 4.78 is 15.3. The van der Waals surface area contributed by atoms with Crippen LogP contribution in [0, 0.1) is 5.82 Å². The van der Waals surface area contributed by atoms with E-state index in [2.05, 4.69) is 20.4 Å². The topological polar surface area (TPSA) is 95.9 Å². The van der Waals surface area contributed by atoms with Gasteiger partial charge in [-0.1, -0.05) is 0 Å². The maximum Gasteiger partial charge on any atom is 0.255 e. The van der Waals surface area contributed by atoms with Crippen LogP contribution < -0.4 is 5.32 Å². The number of hydrogen-bond donors (Lipinski definition) is 2. The number of H-pyrrole nitrogens is 1. The van der Waals surface area contributed by atoms with Gasteiger partial charge in [-0.05, 0) is 42.3 Å². The van der Waals surface area contributed by atoms with Gasteiger partial charge in [-0.25, -0.2) is 4.39 Å². The molecule has 1 aromatic carbocycles. The summed E-state index contributed by atoms with van der Waals surface area (Å²) >= 11 is 0. The molecule has 5 rings (SSSR count). The predicted molar refractivity (Wildman–Crippen MR) is 120 cm³/mol. The lowest BCUT2D eigenvalue weighted by Gasteiger charge is -2.31. The van der Waals surface area contributed by atoms with E-state index < -0.39 is 5.92 Å². The molecule has 0 spiro atoms. The van der Waals surface area contributed by atoms with E-state index in [0.29, 0.717) is 30.8 Å². The van der Waals surface area contributed by atoms with Crippen molar-refractivity contribution in [3.8, 4) is 0 Å². The molecule has 3 aromatic heterocycles. The van der Waals surface area contributed by atoms with Gasteiger partial charge < -0.3 is 15.2 Å². The van der Waals surface area contributed by atoms with Gasteiger partial charge in [0.25, 0.3) is 5.91 Å². The molecule has 9 heteroatoms. The third-order valence-corrected chi connectivity index (χ3v) is 5.97. The number of amides is 2. The monoisotopic (exact) mass is 446 g/mol. The quantitative estimate of drug-likeness (QED) is 0.493. The summed E-state index contributed by atoms with van der Waals surface area (Å²) in [5.74, 6) is -1.23. The van der Waals surface area contributed by atoms with Crippen LogP contribution in [0.15, 0.2) is 55.1 Å². The van der Waals surface area contributed by atoms with Crippen LogP contribution in [0.3, 0.4) is 0 Å². The van der Waals surface area contributed by atoms with E-state index in [1.165, 1.54) is 18.3 Å². The first-order valence-corrected chi connectivity index (χ1v) is 10.7. The summed E-state index contributed by atoms with van der Waals surface area (Å²) in [6.07, 6.45) is 7.38. The predicted octanol–water partition coefficient (Wildman–Crippen LogP) is 2.53. The molecule has 0 bridgehead atoms. The van der Waals surface area contributed by atoms with E-state index in [1.54, 1.807) is 41.0 Å². The van der Waals surface area contributed by atoms with Crippen molar-refractivity contribution >= 4 is 22.7 Å². The van der Waals surface area contributed by atoms with Gasteiger partial charge in [0.1, 0.15) is 5.82 Å². The molecule has 4 heterocycles. The first kappa shape index (κ1) is 20.9. The minimum Gasteiger partial charge on any atom is -0.361 e. The van der Waals surface area contributed by atoms with Crippen molar-refractivity contribution in [3.63, 3.8) is 0 Å². The average molecular weight is 446 g/mol. The first-order valence-electron chi connectivity index (χ1n) is 10.7. The molecule has 1 unspecified atom stereocenters. The highest BCUT2D eigenvalue weighted by atomic mass is 19.1. The highest BCUT2D eigenvalue weighted by Gasteiger charge is 2.35. The Morgan fingerprint density at radius 3 is 3.00 bits per heavy atom. The number of fused-ring (bicyclic) bond motifs is 2. The second-order valence-corrected chi connectivity index (χ2v) is 8.24. The van der Waals surface area contributed by atoms with Gasteiger partial charge in [0, 0.05) is 67.9 Å². The lowest BCUT2D eigenvalue weighted by Crippen LogP contribution is -2.44. The summed E-state index contributed by atoms with van der Waals surface area (Å²) in [7, 11) is 1.80. The smallest absolute Gasteiger partial charge is 0.255 e. The van der Waals surface area contributed by atoms with Crippen LogP contribution in [0.4, 0.5) is 4.39 Å². The van der Waals surface area contributed by atoms with E-state index in [-0.39, 0.29) is 24.2 Å². The van der Waals surface area contributed by atoms with E-state index in [0.717, 1.165) is 22.0 Å². The van der Waals surface area contributed by atoms with E-state index in [4.69, 9.17) is 0 Å². The Kier molecular flexibility index (Phi) is 5.37. The van der Waals surface area contributed by atoms with Gasteiger partial charge >= 0.3 is 0 Å². The zero-order chi connectivity index (χ0) is 22.9. The van der Waals surface area contributed by atoms with Crippen LogP contribution in [-0.4, -0.2) is 49.6 Å². The molecule has 0 fully saturated rings. The number of aryl methyl sites for hydroxylation is 1. The number of aromatic amines is 1. The average Bonchev–Trinajstić information content (AvgIpc) is 3.40. The maximum atomic E-state index is 13.6. The number of benzene rings is 1. The van der Waals surface area contributed by atoms with Gasteiger partial charge in [-0.2, -0.15) is 5.10 Å². The Balaban J connectivity index is 1.30. The summed E-state index contributed by atoms with van der Waals surface area (Å²) in [6.45, 7) is 1.01. The zero-order valence-corrected chi connectivity index (χ0v) is 18.1. The molecular weight excluding hydrogens is 423 g/mol. The molecule has 2 N–H and O–H groups in total. The summed E-state index contributed by atoms with van der Waals surface area (Å²) in [5.41, 5.74) is 3.82. The number of halogens is 1. The van der Waals surface area contributed by atoms with Crippen LogP contribution in [0.5, 0.6) is 0 Å². The fraction of sp³-hybridized carbons (Fsp3) is 0.250. The molecule has 0 aliphatic carbocycles. The van der Waals surface area contributed by atoms with E-state index >= 15 is 0 Å². The van der Waals surface area contributed by atoms with Crippen LogP contribution >= 0.6 is 0 Å². The van der Waals surface area contributed by atoms with Gasteiger partial charge in [0.15, 0.2) is 0 Å². The Hall–Kier alpha value is -4.01. The number of carbonyl (C=O) groups excluding carboxylic acids is 2. The lowest BCUT2D eigenvalue weighted by atomic mass is 9.95. The minimum atomic E-state index is -0.573. The van der Waals surface area contributed by atoms with Crippen molar-refractivity contribution < 1.29 is 14.0 Å². The third-order valence-electron chi connectivity index (χ3n) is 5.97. The summed E-state index contributed by atoms with van der Waals surface area (Å²) in [5, 5.41) is 8.27. The van der Waals surface area contributed by atoms with Crippen molar-refractivity contribution in [1.82, 2.24) is 30.0 Å². The molecule has 1 aliphatic heterocycles. The van der Waals surface area contributed by atoms with Crippen molar-refractivity contribution in [2.24, 2.45) is 7.05 Å². The first-order chi connectivity index (χ1) is 16.0. The van der Waals surface area contributed by atoms with Crippen LogP contribution in [0.2, 0.25) is 0 Å². The fourth-order valence-electron chi connectivity index (χ4n) is 4.38. The summed E-state index contributed by atoms with van der Waals surface area (Å²) in [6, 6.07) is 8.04. The highest BCUT2D eigenvalue weighted by Crippen LogP contribution is 2.28. The fourth-order valence-corrected chi connectivity index (χ4v) is 4.38. The molecule has 0 saturated carbocycles. The van der Waals surface area contributed by atoms with Crippen molar-refractivity contribution in [2.45, 2.75) is 18.9 Å². The van der Waals surface area contributed by atoms with Gasteiger partial charge in [-0.3, -0.25) is 19.3 Å². The van der Waals surface area contributed by atoms with Crippen molar-refractivity contribution in [2.75, 3.05) is 13.1 Å². The number of nitrogens with one attached hydrogen (secondary N) is 2. The van der Waals surface area contributed by atoms with Crippen molar-refractivity contribution in [1.29, 1.82) is 0 Å². The van der Waals surface area contributed by atoms with Crippen LogP contribution in [0.1, 0.15) is 33.1 Å². The molecule has 0 saturated heterocycles. The maximum absolute atomic E-state index is 13.6. The van der Waals surface area contributed by atoms with E-state index in [1.807, 2.05) is 12.4 Å². The number of aromatic nitrogens is 4. The molecule has 1 aliphatic rings. The summed E-state index contributed by atoms with van der Waals surface area (Å²) in [4.78, 5) is 35.0. The zero-order valence-electron chi connectivity index (χ0n) is 18.1. The largest absolute Gasteiger partial charge is 0.361 e. The minimum absolute atomic E-state index is 0.170. The molecule has 8 nitrogen and oxygen atoms in total. The standard InChI is InChI=1S/C24H23FN6O2/c1-30-12-17-13-31(24(33)16-3-2-7-26-10-16)14-20(22(17)29-30)23(32)27-8-6-15-11-28-21-5-4-18(25)9-19(15)21/h2-5,7,9-12,20,28H,6,8,13-14H2,1H3,(H,27,32). The van der Waals surface area contributed by atoms with Gasteiger partial charge in [-0.15, -0.1) is 0 Å². The van der Waals surface area contributed by atoms with Gasteiger partial charge in [0.2, 0.25) is 5.91 Å². The molecule has 0 radical (unpaired) electrons.